The fourth-order valence-corrected chi connectivity index (χ4v) is 3.43. The molecule has 1 aliphatic rings. The Morgan fingerprint density at radius 2 is 2.37 bits per heavy atom. The van der Waals surface area contributed by atoms with Crippen LogP contribution >= 0.6 is 11.3 Å². The van der Waals surface area contributed by atoms with Crippen molar-refractivity contribution in [2.75, 3.05) is 6.54 Å². The first kappa shape index (κ1) is 14.3. The molecule has 1 fully saturated rings. The van der Waals surface area contributed by atoms with E-state index in [9.17, 15) is 4.79 Å². The molecule has 0 aliphatic carbocycles. The van der Waals surface area contributed by atoms with Crippen molar-refractivity contribution in [1.29, 1.82) is 0 Å². The molecule has 3 nitrogen and oxygen atoms in total. The second kappa shape index (κ2) is 6.87. The Labute approximate surface area is 118 Å². The molecule has 0 radical (unpaired) electrons. The van der Waals surface area contributed by atoms with Gasteiger partial charge in [-0.1, -0.05) is 12.8 Å². The first-order valence-corrected chi connectivity index (χ1v) is 7.76. The molecular weight excluding hydrogens is 258 g/mol. The van der Waals surface area contributed by atoms with Crippen LogP contribution in [0.5, 0.6) is 0 Å². The number of likely N-dealkylation sites (tertiary alicyclic amines) is 1. The normalized spacial score (nSPS) is 21.6. The molecule has 0 aromatic carbocycles. The van der Waals surface area contributed by atoms with Crippen molar-refractivity contribution in [1.82, 2.24) is 4.90 Å². The molecule has 1 aliphatic heterocycles. The van der Waals surface area contributed by atoms with Gasteiger partial charge in [-0.3, -0.25) is 4.90 Å². The minimum absolute atomic E-state index is 0.626. The maximum Gasteiger partial charge on any atom is 0.328 e. The molecule has 104 valence electrons. The van der Waals surface area contributed by atoms with Gasteiger partial charge in [0, 0.05) is 23.5 Å². The van der Waals surface area contributed by atoms with Crippen LogP contribution in [0.25, 0.3) is 6.08 Å². The van der Waals surface area contributed by atoms with E-state index in [0.717, 1.165) is 18.7 Å². The zero-order valence-corrected chi connectivity index (χ0v) is 12.2. The maximum atomic E-state index is 10.6. The van der Waals surface area contributed by atoms with Crippen LogP contribution in [-0.4, -0.2) is 28.6 Å². The summed E-state index contributed by atoms with van der Waals surface area (Å²) in [5.74, 6) is -0.889. The molecule has 0 amide bonds. The Kier molecular flexibility index (Phi) is 5.16. The third-order valence-corrected chi connectivity index (χ3v) is 4.64. The number of carboxylic acids is 1. The van der Waals surface area contributed by atoms with Gasteiger partial charge in [-0.2, -0.15) is 0 Å². The van der Waals surface area contributed by atoms with E-state index in [2.05, 4.69) is 11.8 Å². The Morgan fingerprint density at radius 3 is 3.16 bits per heavy atom. The van der Waals surface area contributed by atoms with Crippen molar-refractivity contribution in [2.45, 2.75) is 45.2 Å². The Bertz CT molecular complexity index is 453. The molecule has 1 aromatic heterocycles. The largest absolute Gasteiger partial charge is 0.478 e. The van der Waals surface area contributed by atoms with Crippen molar-refractivity contribution in [3.63, 3.8) is 0 Å². The highest BCUT2D eigenvalue weighted by atomic mass is 32.1. The molecule has 2 heterocycles. The highest BCUT2D eigenvalue weighted by Gasteiger charge is 2.18. The standard InChI is InChI=1S/C15H21NO2S/c1-12-5-3-2-4-9-16(12)11-14-13(8-10-19-14)6-7-15(17)18/h6-8,10,12H,2-5,9,11H2,1H3,(H,17,18). The lowest BCUT2D eigenvalue weighted by atomic mass is 10.1. The highest BCUT2D eigenvalue weighted by molar-refractivity contribution is 7.10. The van der Waals surface area contributed by atoms with E-state index in [1.165, 1.54) is 36.6 Å². The number of carbonyl (C=O) groups is 1. The SMILES string of the molecule is CC1CCCCCN1Cc1sccc1C=CC(=O)O. The van der Waals surface area contributed by atoms with E-state index in [1.807, 2.05) is 11.4 Å². The van der Waals surface area contributed by atoms with Crippen molar-refractivity contribution < 1.29 is 9.90 Å². The third kappa shape index (κ3) is 4.18. The van der Waals surface area contributed by atoms with Gasteiger partial charge in [0.15, 0.2) is 0 Å². The Morgan fingerprint density at radius 1 is 1.53 bits per heavy atom. The van der Waals surface area contributed by atoms with Gasteiger partial charge in [0.25, 0.3) is 0 Å². The van der Waals surface area contributed by atoms with Gasteiger partial charge in [0.1, 0.15) is 0 Å². The molecule has 0 saturated carbocycles. The van der Waals surface area contributed by atoms with Gasteiger partial charge in [-0.25, -0.2) is 4.79 Å². The molecule has 1 saturated heterocycles. The molecule has 1 atom stereocenters. The summed E-state index contributed by atoms with van der Waals surface area (Å²) < 4.78 is 0. The van der Waals surface area contributed by atoms with Gasteiger partial charge in [0.05, 0.1) is 0 Å². The minimum atomic E-state index is -0.889. The second-order valence-electron chi connectivity index (χ2n) is 5.14. The molecule has 1 N–H and O–H groups in total. The number of hydrogen-bond acceptors (Lipinski definition) is 3. The van der Waals surface area contributed by atoms with Crippen molar-refractivity contribution in [3.05, 3.63) is 28.0 Å². The number of nitrogens with zero attached hydrogens (tertiary/aromatic N) is 1. The fraction of sp³-hybridized carbons (Fsp3) is 0.533. The lowest BCUT2D eigenvalue weighted by Crippen LogP contribution is -2.31. The van der Waals surface area contributed by atoms with Gasteiger partial charge < -0.3 is 5.11 Å². The second-order valence-corrected chi connectivity index (χ2v) is 6.14. The maximum absolute atomic E-state index is 10.6. The first-order valence-electron chi connectivity index (χ1n) is 6.88. The van der Waals surface area contributed by atoms with E-state index in [-0.39, 0.29) is 0 Å². The van der Waals surface area contributed by atoms with Crippen LogP contribution < -0.4 is 0 Å². The van der Waals surface area contributed by atoms with Crippen LogP contribution in [-0.2, 0) is 11.3 Å². The zero-order chi connectivity index (χ0) is 13.7. The van der Waals surface area contributed by atoms with E-state index in [4.69, 9.17) is 5.11 Å². The van der Waals surface area contributed by atoms with E-state index in [0.29, 0.717) is 6.04 Å². The van der Waals surface area contributed by atoms with Crippen LogP contribution in [0.3, 0.4) is 0 Å². The summed E-state index contributed by atoms with van der Waals surface area (Å²) in [7, 11) is 0. The monoisotopic (exact) mass is 279 g/mol. The lowest BCUT2D eigenvalue weighted by molar-refractivity contribution is -0.131. The van der Waals surface area contributed by atoms with Crippen LogP contribution in [0.15, 0.2) is 17.5 Å². The summed E-state index contributed by atoms with van der Waals surface area (Å²) in [6, 6.07) is 2.63. The van der Waals surface area contributed by atoms with Crippen LogP contribution in [0.1, 0.15) is 43.0 Å². The Hall–Kier alpha value is -1.13. The van der Waals surface area contributed by atoms with E-state index >= 15 is 0 Å². The summed E-state index contributed by atoms with van der Waals surface area (Å²) in [5.41, 5.74) is 1.05. The predicted octanol–water partition coefficient (Wildman–Crippen LogP) is 3.61. The summed E-state index contributed by atoms with van der Waals surface area (Å²) in [4.78, 5) is 14.4. The summed E-state index contributed by atoms with van der Waals surface area (Å²) in [6.07, 6.45) is 8.13. The number of aliphatic carboxylic acids is 1. The van der Waals surface area contributed by atoms with E-state index in [1.54, 1.807) is 17.4 Å². The average Bonchev–Trinajstić information content (AvgIpc) is 2.71. The molecule has 0 spiro atoms. The smallest absolute Gasteiger partial charge is 0.328 e. The quantitative estimate of drug-likeness (QED) is 0.856. The highest BCUT2D eigenvalue weighted by Crippen LogP contribution is 2.24. The average molecular weight is 279 g/mol. The number of hydrogen-bond donors (Lipinski definition) is 1. The molecular formula is C15H21NO2S. The number of rotatable bonds is 4. The van der Waals surface area contributed by atoms with Gasteiger partial charge >= 0.3 is 5.97 Å². The summed E-state index contributed by atoms with van der Waals surface area (Å²) >= 11 is 1.72. The Balaban J connectivity index is 2.05. The first-order chi connectivity index (χ1) is 9.16. The molecule has 4 heteroatoms. The number of carboxylic acid groups (broad SMARTS) is 1. The summed E-state index contributed by atoms with van der Waals surface area (Å²) in [5, 5.41) is 10.8. The van der Waals surface area contributed by atoms with Crippen LogP contribution in [0, 0.1) is 0 Å². The fourth-order valence-electron chi connectivity index (χ4n) is 2.54. The van der Waals surface area contributed by atoms with Crippen LogP contribution in [0.2, 0.25) is 0 Å². The van der Waals surface area contributed by atoms with E-state index < -0.39 is 5.97 Å². The molecule has 2 rings (SSSR count). The summed E-state index contributed by atoms with van der Waals surface area (Å²) in [6.45, 7) is 4.39. The number of thiophene rings is 1. The molecule has 0 bridgehead atoms. The van der Waals surface area contributed by atoms with Gasteiger partial charge in [0.2, 0.25) is 0 Å². The molecule has 1 aromatic rings. The topological polar surface area (TPSA) is 40.5 Å². The minimum Gasteiger partial charge on any atom is -0.478 e. The van der Waals surface area contributed by atoms with Crippen LogP contribution in [0.4, 0.5) is 0 Å². The van der Waals surface area contributed by atoms with Crippen molar-refractivity contribution in [2.24, 2.45) is 0 Å². The molecule has 19 heavy (non-hydrogen) atoms. The lowest BCUT2D eigenvalue weighted by Gasteiger charge is -2.26. The third-order valence-electron chi connectivity index (χ3n) is 3.72. The van der Waals surface area contributed by atoms with Gasteiger partial charge in [-0.15, -0.1) is 11.3 Å². The van der Waals surface area contributed by atoms with Crippen molar-refractivity contribution >= 4 is 23.4 Å². The predicted molar refractivity (Wildman–Crippen MR) is 79.3 cm³/mol. The zero-order valence-electron chi connectivity index (χ0n) is 11.3. The van der Waals surface area contributed by atoms with Gasteiger partial charge in [-0.05, 0) is 49.4 Å². The molecule has 1 unspecified atom stereocenters. The van der Waals surface area contributed by atoms with Crippen molar-refractivity contribution in [3.8, 4) is 0 Å².